The van der Waals surface area contributed by atoms with Crippen LogP contribution in [0.15, 0.2) is 60.7 Å². The number of amides is 1. The molecule has 0 radical (unpaired) electrons. The molecule has 4 aromatic rings. The van der Waals surface area contributed by atoms with Gasteiger partial charge in [-0.05, 0) is 36.4 Å². The molecule has 3 aromatic carbocycles. The molecule has 1 N–H and O–H groups in total. The van der Waals surface area contributed by atoms with Gasteiger partial charge in [0.15, 0.2) is 11.5 Å². The molecule has 0 saturated carbocycles. The van der Waals surface area contributed by atoms with Gasteiger partial charge < -0.3 is 19.5 Å². The number of benzene rings is 3. The number of carbonyl (C=O) groups is 1. The van der Waals surface area contributed by atoms with E-state index in [0.29, 0.717) is 41.7 Å². The number of hydrogen-bond donors (Lipinski definition) is 1. The van der Waals surface area contributed by atoms with Gasteiger partial charge in [-0.2, -0.15) is 0 Å². The number of nitrogens with zero attached hydrogens (tertiary/aromatic N) is 1. The Morgan fingerprint density at radius 2 is 1.87 bits per heavy atom. The van der Waals surface area contributed by atoms with Crippen LogP contribution < -0.4 is 19.5 Å². The molecule has 0 saturated heterocycles. The Balaban J connectivity index is 1.49. The van der Waals surface area contributed by atoms with Gasteiger partial charge in [0.2, 0.25) is 5.75 Å². The van der Waals surface area contributed by atoms with Crippen LogP contribution in [0.3, 0.4) is 0 Å². The van der Waals surface area contributed by atoms with Crippen molar-refractivity contribution in [3.05, 3.63) is 66.2 Å². The number of para-hydroxylation sites is 2. The third-order valence-electron chi connectivity index (χ3n) is 4.79. The second-order valence-corrected chi connectivity index (χ2v) is 7.72. The van der Waals surface area contributed by atoms with Gasteiger partial charge in [-0.15, -0.1) is 11.3 Å². The van der Waals surface area contributed by atoms with Gasteiger partial charge in [0, 0.05) is 11.1 Å². The molecule has 0 unspecified atom stereocenters. The molecule has 0 spiro atoms. The fourth-order valence-electron chi connectivity index (χ4n) is 3.36. The Morgan fingerprint density at radius 3 is 2.73 bits per heavy atom. The van der Waals surface area contributed by atoms with Crippen molar-refractivity contribution in [2.24, 2.45) is 0 Å². The van der Waals surface area contributed by atoms with E-state index >= 15 is 0 Å². The minimum absolute atomic E-state index is 0.265. The van der Waals surface area contributed by atoms with Crippen LogP contribution in [0.1, 0.15) is 10.4 Å². The highest BCUT2D eigenvalue weighted by Gasteiger charge is 2.21. The summed E-state index contributed by atoms with van der Waals surface area (Å²) in [5, 5.41) is 3.86. The summed E-state index contributed by atoms with van der Waals surface area (Å²) in [7, 11) is 1.54. The van der Waals surface area contributed by atoms with E-state index in [1.807, 2.05) is 48.5 Å². The quantitative estimate of drug-likeness (QED) is 0.505. The van der Waals surface area contributed by atoms with E-state index in [1.54, 1.807) is 23.5 Å². The van der Waals surface area contributed by atoms with E-state index in [0.717, 1.165) is 20.8 Å². The van der Waals surface area contributed by atoms with Gasteiger partial charge in [0.05, 0.1) is 23.0 Å². The highest BCUT2D eigenvalue weighted by Crippen LogP contribution is 2.41. The number of ether oxygens (including phenoxy) is 3. The number of fused-ring (bicyclic) bond motifs is 2. The first-order valence-electron chi connectivity index (χ1n) is 9.47. The molecule has 30 heavy (non-hydrogen) atoms. The number of rotatable bonds is 4. The van der Waals surface area contributed by atoms with Gasteiger partial charge in [-0.25, -0.2) is 4.98 Å². The van der Waals surface area contributed by atoms with Crippen molar-refractivity contribution in [3.63, 3.8) is 0 Å². The maximum atomic E-state index is 13.0. The van der Waals surface area contributed by atoms with Gasteiger partial charge in [-0.1, -0.05) is 24.3 Å². The second kappa shape index (κ2) is 7.68. The Bertz CT molecular complexity index is 1200. The minimum atomic E-state index is -0.265. The van der Waals surface area contributed by atoms with E-state index in [1.165, 1.54) is 7.11 Å². The summed E-state index contributed by atoms with van der Waals surface area (Å²) < 4.78 is 17.7. The Hall–Kier alpha value is -3.58. The zero-order valence-corrected chi connectivity index (χ0v) is 17.0. The molecule has 1 aliphatic heterocycles. The van der Waals surface area contributed by atoms with Crippen molar-refractivity contribution < 1.29 is 19.0 Å². The summed E-state index contributed by atoms with van der Waals surface area (Å²) >= 11 is 1.59. The van der Waals surface area contributed by atoms with Gasteiger partial charge in [0.1, 0.15) is 18.2 Å². The fraction of sp³-hybridized carbons (Fsp3) is 0.130. The Labute approximate surface area is 177 Å². The Kier molecular flexibility index (Phi) is 4.72. The number of carbonyl (C=O) groups excluding carboxylic acids is 1. The highest BCUT2D eigenvalue weighted by atomic mass is 32.1. The first-order valence-corrected chi connectivity index (χ1v) is 10.3. The molecule has 150 valence electrons. The second-order valence-electron chi connectivity index (χ2n) is 6.69. The van der Waals surface area contributed by atoms with Crippen LogP contribution in [0.25, 0.3) is 20.8 Å². The largest absolute Gasteiger partial charge is 0.493 e. The van der Waals surface area contributed by atoms with Crippen LogP contribution >= 0.6 is 11.3 Å². The zero-order valence-electron chi connectivity index (χ0n) is 16.2. The van der Waals surface area contributed by atoms with Gasteiger partial charge >= 0.3 is 0 Å². The molecule has 1 aromatic heterocycles. The average molecular weight is 418 g/mol. The summed E-state index contributed by atoms with van der Waals surface area (Å²) in [5.41, 5.74) is 2.93. The zero-order chi connectivity index (χ0) is 20.5. The van der Waals surface area contributed by atoms with Crippen LogP contribution in [0.5, 0.6) is 17.2 Å². The monoisotopic (exact) mass is 418 g/mol. The van der Waals surface area contributed by atoms with Crippen molar-refractivity contribution in [1.82, 2.24) is 4.98 Å². The smallest absolute Gasteiger partial charge is 0.255 e. The van der Waals surface area contributed by atoms with E-state index in [-0.39, 0.29) is 5.91 Å². The van der Waals surface area contributed by atoms with Crippen LogP contribution in [-0.2, 0) is 0 Å². The van der Waals surface area contributed by atoms with Crippen molar-refractivity contribution >= 4 is 33.1 Å². The van der Waals surface area contributed by atoms with E-state index in [4.69, 9.17) is 19.2 Å². The molecule has 0 atom stereocenters. The molecular weight excluding hydrogens is 400 g/mol. The van der Waals surface area contributed by atoms with E-state index < -0.39 is 0 Å². The van der Waals surface area contributed by atoms with E-state index in [9.17, 15) is 4.79 Å². The van der Waals surface area contributed by atoms with Crippen LogP contribution in [-0.4, -0.2) is 31.2 Å². The first-order chi connectivity index (χ1) is 14.7. The molecule has 0 fully saturated rings. The normalized spacial score (nSPS) is 12.6. The predicted molar refractivity (Wildman–Crippen MR) is 117 cm³/mol. The summed E-state index contributed by atoms with van der Waals surface area (Å²) in [6.45, 7) is 0.881. The molecule has 7 heteroatoms. The third-order valence-corrected chi connectivity index (χ3v) is 5.86. The highest BCUT2D eigenvalue weighted by molar-refractivity contribution is 7.21. The topological polar surface area (TPSA) is 69.7 Å². The molecule has 6 nitrogen and oxygen atoms in total. The number of thiazole rings is 1. The lowest BCUT2D eigenvalue weighted by Crippen LogP contribution is -2.18. The number of hydrogen-bond acceptors (Lipinski definition) is 6. The minimum Gasteiger partial charge on any atom is -0.493 e. The maximum Gasteiger partial charge on any atom is 0.255 e. The molecular formula is C23H18N2O4S. The lowest BCUT2D eigenvalue weighted by Gasteiger charge is -2.21. The Morgan fingerprint density at radius 1 is 1.07 bits per heavy atom. The summed E-state index contributed by atoms with van der Waals surface area (Å²) in [6.07, 6.45) is 0. The van der Waals surface area contributed by atoms with Crippen LogP contribution in [0.4, 0.5) is 5.69 Å². The van der Waals surface area contributed by atoms with Crippen LogP contribution in [0.2, 0.25) is 0 Å². The number of anilines is 1. The van der Waals surface area contributed by atoms with Crippen molar-refractivity contribution in [3.8, 4) is 27.8 Å². The maximum absolute atomic E-state index is 13.0. The van der Waals surface area contributed by atoms with Gasteiger partial charge in [-0.3, -0.25) is 4.79 Å². The first kappa shape index (κ1) is 18.4. The molecule has 1 amide bonds. The van der Waals surface area contributed by atoms with Crippen LogP contribution in [0, 0.1) is 0 Å². The number of aromatic nitrogens is 1. The van der Waals surface area contributed by atoms with E-state index in [2.05, 4.69) is 5.32 Å². The predicted octanol–water partition coefficient (Wildman–Crippen LogP) is 5.00. The summed E-state index contributed by atoms with van der Waals surface area (Å²) in [6, 6.07) is 19.0. The molecule has 0 bridgehead atoms. The average Bonchev–Trinajstić information content (AvgIpc) is 3.22. The lowest BCUT2D eigenvalue weighted by molar-refractivity contribution is 0.102. The standard InChI is InChI=1S/C23H18N2O4S/c1-27-18-12-14(13-19-21(18)29-11-10-28-19)22(26)24-16-7-3-2-6-15(16)23-25-17-8-4-5-9-20(17)30-23/h2-9,12-13H,10-11H2,1H3,(H,24,26). The van der Waals surface area contributed by atoms with Gasteiger partial charge in [0.25, 0.3) is 5.91 Å². The SMILES string of the molecule is COc1cc(C(=O)Nc2ccccc2-c2nc3ccccc3s2)cc2c1OCCO2. The summed E-state index contributed by atoms with van der Waals surface area (Å²) in [4.78, 5) is 17.8. The summed E-state index contributed by atoms with van der Waals surface area (Å²) in [5.74, 6) is 1.23. The third kappa shape index (κ3) is 3.33. The van der Waals surface area contributed by atoms with Crippen molar-refractivity contribution in [2.75, 3.05) is 25.6 Å². The number of nitrogens with one attached hydrogen (secondary N) is 1. The molecule has 1 aliphatic rings. The van der Waals surface area contributed by atoms with Crippen molar-refractivity contribution in [2.45, 2.75) is 0 Å². The van der Waals surface area contributed by atoms with Crippen molar-refractivity contribution in [1.29, 1.82) is 0 Å². The molecule has 2 heterocycles. The fourth-order valence-corrected chi connectivity index (χ4v) is 4.37. The lowest BCUT2D eigenvalue weighted by atomic mass is 10.1. The molecule has 5 rings (SSSR count). The molecule has 0 aliphatic carbocycles. The number of methoxy groups -OCH3 is 1.